The Labute approximate surface area is 155 Å². The van der Waals surface area contributed by atoms with Gasteiger partial charge < -0.3 is 0 Å². The van der Waals surface area contributed by atoms with Gasteiger partial charge in [-0.1, -0.05) is 46.6 Å². The van der Waals surface area contributed by atoms with E-state index in [1.54, 1.807) is 24.3 Å². The lowest BCUT2D eigenvalue weighted by molar-refractivity contribution is 0.598. The summed E-state index contributed by atoms with van der Waals surface area (Å²) in [5.74, 6) is 0.614. The maximum Gasteiger partial charge on any atom is 0.288 e. The van der Waals surface area contributed by atoms with Gasteiger partial charge in [0.15, 0.2) is 0 Å². The summed E-state index contributed by atoms with van der Waals surface area (Å²) >= 11 is 12.2. The first-order valence-electron chi connectivity index (χ1n) is 7.46. The van der Waals surface area contributed by atoms with Crippen molar-refractivity contribution in [2.75, 3.05) is 5.75 Å². The highest BCUT2D eigenvalue weighted by atomic mass is 35.5. The van der Waals surface area contributed by atoms with Crippen molar-refractivity contribution in [1.82, 2.24) is 0 Å². The number of hydrogen-bond acceptors (Lipinski definition) is 2. The summed E-state index contributed by atoms with van der Waals surface area (Å²) in [6, 6.07) is 16.2. The number of rotatable bonds is 5. The lowest BCUT2D eigenvalue weighted by Crippen LogP contribution is -2.08. The molecule has 0 aliphatic heterocycles. The molecule has 2 atom stereocenters. The van der Waals surface area contributed by atoms with E-state index in [1.807, 2.05) is 37.3 Å². The molecule has 7 heteroatoms. The highest BCUT2D eigenvalue weighted by Gasteiger charge is 2.51. The van der Waals surface area contributed by atoms with Crippen LogP contribution in [0.4, 0.5) is 0 Å². The van der Waals surface area contributed by atoms with Crippen LogP contribution < -0.4 is 0 Å². The van der Waals surface area contributed by atoms with Gasteiger partial charge in [-0.15, -0.1) is 27.0 Å². The maximum atomic E-state index is 12.7. The van der Waals surface area contributed by atoms with Gasteiger partial charge in [0, 0.05) is 16.6 Å². The van der Waals surface area contributed by atoms with Gasteiger partial charge in [0.2, 0.25) is 0 Å². The van der Waals surface area contributed by atoms with Gasteiger partial charge in [-0.2, -0.15) is 8.42 Å². The number of halogens is 2. The van der Waals surface area contributed by atoms with Crippen LogP contribution in [0.15, 0.2) is 68.2 Å². The SMILES string of the molecule is Cc1ccc(S(=O)(=O)N=[S@](C[C@@H]2CC2(Cl)Cl)c2ccccc2)cc1. The number of sulfonamides is 1. The standard InChI is InChI=1S/C17H17Cl2NO2S2/c1-13-7-9-16(10-8-13)24(21,22)20-23(12-14-11-17(14,18)19)15-5-3-2-4-6-15/h2-10,14H,11-12H2,1H3/t14-,23+/m0/s1. The van der Waals surface area contributed by atoms with E-state index < -0.39 is 25.0 Å². The number of benzene rings is 2. The van der Waals surface area contributed by atoms with E-state index in [0.717, 1.165) is 10.5 Å². The van der Waals surface area contributed by atoms with E-state index in [4.69, 9.17) is 23.2 Å². The van der Waals surface area contributed by atoms with Crippen LogP contribution in [-0.2, 0) is 20.7 Å². The van der Waals surface area contributed by atoms with Crippen LogP contribution in [0.5, 0.6) is 0 Å². The zero-order valence-electron chi connectivity index (χ0n) is 13.0. The smallest absolute Gasteiger partial charge is 0.199 e. The molecule has 0 spiro atoms. The molecule has 0 heterocycles. The molecule has 1 fully saturated rings. The molecular formula is C17H17Cl2NO2S2. The molecule has 1 saturated carbocycles. The fourth-order valence-corrected chi connectivity index (χ4v) is 6.78. The van der Waals surface area contributed by atoms with E-state index in [0.29, 0.717) is 12.2 Å². The van der Waals surface area contributed by atoms with Gasteiger partial charge in [0.05, 0.1) is 4.90 Å². The van der Waals surface area contributed by atoms with Crippen LogP contribution in [0, 0.1) is 12.8 Å². The molecule has 2 aromatic rings. The minimum absolute atomic E-state index is 0.0707. The Bertz CT molecular complexity index is 863. The zero-order valence-corrected chi connectivity index (χ0v) is 16.2. The fraction of sp³-hybridized carbons (Fsp3) is 0.294. The van der Waals surface area contributed by atoms with Gasteiger partial charge in [0.25, 0.3) is 10.0 Å². The average molecular weight is 402 g/mol. The van der Waals surface area contributed by atoms with E-state index in [9.17, 15) is 8.42 Å². The Hall–Kier alpha value is -0.880. The molecule has 0 radical (unpaired) electrons. The van der Waals surface area contributed by atoms with Crippen molar-refractivity contribution in [3.8, 4) is 0 Å². The van der Waals surface area contributed by atoms with Gasteiger partial charge in [-0.05, 0) is 37.6 Å². The first-order chi connectivity index (χ1) is 11.3. The van der Waals surface area contributed by atoms with Crippen LogP contribution in [0.1, 0.15) is 12.0 Å². The second kappa shape index (κ2) is 6.79. The molecule has 128 valence electrons. The van der Waals surface area contributed by atoms with Crippen LogP contribution in [0.2, 0.25) is 0 Å². The van der Waals surface area contributed by atoms with E-state index in [-0.39, 0.29) is 10.8 Å². The van der Waals surface area contributed by atoms with Crippen molar-refractivity contribution in [1.29, 1.82) is 0 Å². The van der Waals surface area contributed by atoms with Crippen molar-refractivity contribution in [2.24, 2.45) is 9.69 Å². The largest absolute Gasteiger partial charge is 0.288 e. The molecule has 3 nitrogen and oxygen atoms in total. The highest BCUT2D eigenvalue weighted by Crippen LogP contribution is 2.53. The average Bonchev–Trinajstić information content (AvgIpc) is 3.14. The predicted molar refractivity (Wildman–Crippen MR) is 100 cm³/mol. The normalized spacial score (nSPS) is 20.7. The third-order valence-corrected chi connectivity index (χ3v) is 8.67. The number of aryl methyl sites for hydroxylation is 1. The summed E-state index contributed by atoms with van der Waals surface area (Å²) in [6.45, 7) is 1.91. The summed E-state index contributed by atoms with van der Waals surface area (Å²) in [5, 5.41) is 0. The van der Waals surface area contributed by atoms with Crippen LogP contribution in [-0.4, -0.2) is 18.5 Å². The molecule has 0 amide bonds. The topological polar surface area (TPSA) is 46.5 Å². The number of hydrogen-bond donors (Lipinski definition) is 0. The van der Waals surface area contributed by atoms with Gasteiger partial charge >= 0.3 is 0 Å². The summed E-state index contributed by atoms with van der Waals surface area (Å²) < 4.78 is 28.8. The van der Waals surface area contributed by atoms with E-state index in [1.165, 1.54) is 0 Å². The van der Waals surface area contributed by atoms with Gasteiger partial charge in [-0.3, -0.25) is 0 Å². The van der Waals surface area contributed by atoms with Crippen LogP contribution >= 0.6 is 23.2 Å². The molecule has 0 N–H and O–H groups in total. The quantitative estimate of drug-likeness (QED) is 0.679. The Kier molecular flexibility index (Phi) is 5.07. The van der Waals surface area contributed by atoms with Crippen molar-refractivity contribution in [2.45, 2.75) is 27.5 Å². The molecule has 1 aliphatic rings. The Morgan fingerprint density at radius 1 is 1.12 bits per heavy atom. The second-order valence-electron chi connectivity index (χ2n) is 5.87. The highest BCUT2D eigenvalue weighted by molar-refractivity contribution is 8.00. The predicted octanol–water partition coefficient (Wildman–Crippen LogP) is 4.74. The van der Waals surface area contributed by atoms with Gasteiger partial charge in [0.1, 0.15) is 4.33 Å². The molecule has 1 aliphatic carbocycles. The van der Waals surface area contributed by atoms with Crippen molar-refractivity contribution < 1.29 is 8.42 Å². The summed E-state index contributed by atoms with van der Waals surface area (Å²) in [5.41, 5.74) is 1.00. The fourth-order valence-electron chi connectivity index (χ4n) is 2.26. The number of nitrogens with zero attached hydrogens (tertiary/aromatic N) is 1. The molecule has 0 bridgehead atoms. The lowest BCUT2D eigenvalue weighted by atomic mass is 10.2. The molecule has 24 heavy (non-hydrogen) atoms. The second-order valence-corrected chi connectivity index (χ2v) is 11.0. The van der Waals surface area contributed by atoms with E-state index in [2.05, 4.69) is 3.77 Å². The monoisotopic (exact) mass is 401 g/mol. The minimum Gasteiger partial charge on any atom is -0.199 e. The molecule has 0 saturated heterocycles. The van der Waals surface area contributed by atoms with Crippen molar-refractivity contribution in [3.63, 3.8) is 0 Å². The van der Waals surface area contributed by atoms with Crippen LogP contribution in [0.3, 0.4) is 0 Å². The third kappa shape index (κ3) is 4.20. The zero-order chi connectivity index (χ0) is 17.4. The molecule has 3 rings (SSSR count). The minimum atomic E-state index is -3.73. The van der Waals surface area contributed by atoms with Crippen molar-refractivity contribution in [3.05, 3.63) is 60.2 Å². The molecule has 2 aromatic carbocycles. The Morgan fingerprint density at radius 3 is 2.25 bits per heavy atom. The third-order valence-electron chi connectivity index (χ3n) is 3.84. The summed E-state index contributed by atoms with van der Waals surface area (Å²) in [4.78, 5) is 1.09. The maximum absolute atomic E-state index is 12.7. The van der Waals surface area contributed by atoms with Gasteiger partial charge in [-0.25, -0.2) is 0 Å². The molecular weight excluding hydrogens is 385 g/mol. The first-order valence-corrected chi connectivity index (χ1v) is 11.0. The number of alkyl halides is 2. The summed E-state index contributed by atoms with van der Waals surface area (Å²) in [6.07, 6.45) is 0.673. The summed E-state index contributed by atoms with van der Waals surface area (Å²) in [7, 11) is -4.54. The Morgan fingerprint density at radius 2 is 1.71 bits per heavy atom. The van der Waals surface area contributed by atoms with E-state index >= 15 is 0 Å². The Balaban J connectivity index is 1.98. The first kappa shape index (κ1) is 17.9. The molecule has 0 aromatic heterocycles. The molecule has 0 unspecified atom stereocenters. The van der Waals surface area contributed by atoms with Crippen LogP contribution in [0.25, 0.3) is 0 Å². The van der Waals surface area contributed by atoms with Crippen molar-refractivity contribution >= 4 is 43.9 Å². The lowest BCUT2D eigenvalue weighted by Gasteiger charge is -2.09.